The third-order valence-corrected chi connectivity index (χ3v) is 3.96. The summed E-state index contributed by atoms with van der Waals surface area (Å²) < 4.78 is 15.6. The Hall–Kier alpha value is -2.07. The Kier molecular flexibility index (Phi) is 2.69. The molecular formula is C16H13ClFN3. The van der Waals surface area contributed by atoms with E-state index in [4.69, 9.17) is 17.3 Å². The summed E-state index contributed by atoms with van der Waals surface area (Å²) in [4.78, 5) is 4.60. The van der Waals surface area contributed by atoms with E-state index in [9.17, 15) is 4.39 Å². The summed E-state index contributed by atoms with van der Waals surface area (Å²) in [5.74, 6) is 0.521. The van der Waals surface area contributed by atoms with Gasteiger partial charge in [-0.3, -0.25) is 0 Å². The second-order valence-corrected chi connectivity index (χ2v) is 5.88. The highest BCUT2D eigenvalue weighted by Gasteiger charge is 2.28. The molecule has 3 aromatic rings. The van der Waals surface area contributed by atoms with Gasteiger partial charge in [0.15, 0.2) is 0 Å². The number of halogens is 2. The SMILES string of the molecule is Nc1cc(Cl)cc(-c2nc3cc(F)ccc3n2C2CC2)c1. The molecule has 1 saturated carbocycles. The molecule has 0 atom stereocenters. The van der Waals surface area contributed by atoms with Crippen LogP contribution in [0.15, 0.2) is 36.4 Å². The Morgan fingerprint density at radius 3 is 2.71 bits per heavy atom. The van der Waals surface area contributed by atoms with E-state index in [0.29, 0.717) is 22.3 Å². The van der Waals surface area contributed by atoms with Gasteiger partial charge in [0.05, 0.1) is 11.0 Å². The van der Waals surface area contributed by atoms with Gasteiger partial charge in [-0.05, 0) is 43.2 Å². The highest BCUT2D eigenvalue weighted by molar-refractivity contribution is 6.31. The largest absolute Gasteiger partial charge is 0.399 e. The van der Waals surface area contributed by atoms with E-state index in [1.54, 1.807) is 12.1 Å². The lowest BCUT2D eigenvalue weighted by molar-refractivity contribution is 0.629. The first kappa shape index (κ1) is 12.7. The van der Waals surface area contributed by atoms with Crippen molar-refractivity contribution in [2.75, 3.05) is 5.73 Å². The van der Waals surface area contributed by atoms with Crippen molar-refractivity contribution in [1.82, 2.24) is 9.55 Å². The second kappa shape index (κ2) is 4.46. The quantitative estimate of drug-likeness (QED) is 0.712. The van der Waals surface area contributed by atoms with Crippen molar-refractivity contribution in [1.29, 1.82) is 0 Å². The summed E-state index contributed by atoms with van der Waals surface area (Å²) in [5, 5.41) is 0.575. The average Bonchev–Trinajstić information content (AvgIpc) is 3.18. The molecule has 106 valence electrons. The van der Waals surface area contributed by atoms with Gasteiger partial charge in [-0.25, -0.2) is 9.37 Å². The molecule has 2 N–H and O–H groups in total. The standard InChI is InChI=1S/C16H13ClFN3/c17-10-5-9(6-12(19)7-10)16-20-14-8-11(18)1-4-15(14)21(16)13-2-3-13/h1,4-8,13H,2-3,19H2. The van der Waals surface area contributed by atoms with Crippen LogP contribution in [-0.2, 0) is 0 Å². The van der Waals surface area contributed by atoms with Crippen molar-refractivity contribution >= 4 is 28.3 Å². The molecule has 0 aliphatic heterocycles. The fraction of sp³-hybridized carbons (Fsp3) is 0.188. The van der Waals surface area contributed by atoms with E-state index < -0.39 is 0 Å². The van der Waals surface area contributed by atoms with Gasteiger partial charge in [0.1, 0.15) is 11.6 Å². The summed E-state index contributed by atoms with van der Waals surface area (Å²) in [7, 11) is 0. The van der Waals surface area contributed by atoms with Crippen LogP contribution in [0.1, 0.15) is 18.9 Å². The molecule has 21 heavy (non-hydrogen) atoms. The molecule has 0 bridgehead atoms. The number of anilines is 1. The van der Waals surface area contributed by atoms with Crippen molar-refractivity contribution in [3.8, 4) is 11.4 Å². The summed E-state index contributed by atoms with van der Waals surface area (Å²) in [6, 6.07) is 10.5. The highest BCUT2D eigenvalue weighted by atomic mass is 35.5. The van der Waals surface area contributed by atoms with Gasteiger partial charge in [0, 0.05) is 28.4 Å². The number of hydrogen-bond acceptors (Lipinski definition) is 2. The van der Waals surface area contributed by atoms with Crippen molar-refractivity contribution in [2.45, 2.75) is 18.9 Å². The topological polar surface area (TPSA) is 43.8 Å². The van der Waals surface area contributed by atoms with E-state index in [0.717, 1.165) is 29.7 Å². The van der Waals surface area contributed by atoms with Crippen molar-refractivity contribution in [2.24, 2.45) is 0 Å². The third kappa shape index (κ3) is 2.16. The van der Waals surface area contributed by atoms with Gasteiger partial charge in [-0.1, -0.05) is 11.6 Å². The molecule has 4 rings (SSSR count). The molecule has 1 aliphatic carbocycles. The summed E-state index contributed by atoms with van der Waals surface area (Å²) in [6.07, 6.45) is 2.23. The maximum atomic E-state index is 13.4. The molecule has 0 amide bonds. The molecule has 1 aliphatic rings. The number of benzene rings is 2. The van der Waals surface area contributed by atoms with E-state index in [2.05, 4.69) is 9.55 Å². The summed E-state index contributed by atoms with van der Waals surface area (Å²) in [6.45, 7) is 0. The van der Waals surface area contributed by atoms with Crippen LogP contribution in [0.4, 0.5) is 10.1 Å². The first-order valence-electron chi connectivity index (χ1n) is 6.86. The number of nitrogens with two attached hydrogens (primary N) is 1. The van der Waals surface area contributed by atoms with Crippen LogP contribution in [0.25, 0.3) is 22.4 Å². The van der Waals surface area contributed by atoms with Gasteiger partial charge in [0.2, 0.25) is 0 Å². The average molecular weight is 302 g/mol. The molecule has 5 heteroatoms. The Morgan fingerprint density at radius 1 is 1.19 bits per heavy atom. The maximum absolute atomic E-state index is 13.4. The second-order valence-electron chi connectivity index (χ2n) is 5.44. The molecular weight excluding hydrogens is 289 g/mol. The first-order chi connectivity index (χ1) is 10.1. The highest BCUT2D eigenvalue weighted by Crippen LogP contribution is 2.41. The Morgan fingerprint density at radius 2 is 2.00 bits per heavy atom. The van der Waals surface area contributed by atoms with Crippen LogP contribution in [0.3, 0.4) is 0 Å². The first-order valence-corrected chi connectivity index (χ1v) is 7.23. The normalized spacial score (nSPS) is 14.8. The number of aromatic nitrogens is 2. The monoisotopic (exact) mass is 301 g/mol. The van der Waals surface area contributed by atoms with Crippen LogP contribution in [0, 0.1) is 5.82 Å². The molecule has 1 aromatic heterocycles. The number of fused-ring (bicyclic) bond motifs is 1. The zero-order valence-electron chi connectivity index (χ0n) is 11.2. The van der Waals surface area contributed by atoms with Gasteiger partial charge in [-0.15, -0.1) is 0 Å². The van der Waals surface area contributed by atoms with Crippen LogP contribution < -0.4 is 5.73 Å². The van der Waals surface area contributed by atoms with Gasteiger partial charge in [0.25, 0.3) is 0 Å². The zero-order valence-corrected chi connectivity index (χ0v) is 11.9. The molecule has 0 radical (unpaired) electrons. The summed E-state index contributed by atoms with van der Waals surface area (Å²) >= 11 is 6.09. The number of rotatable bonds is 2. The zero-order chi connectivity index (χ0) is 14.6. The van der Waals surface area contributed by atoms with Crippen LogP contribution in [0.5, 0.6) is 0 Å². The van der Waals surface area contributed by atoms with E-state index in [1.807, 2.05) is 12.1 Å². The molecule has 2 aromatic carbocycles. The van der Waals surface area contributed by atoms with Crippen molar-refractivity contribution < 1.29 is 4.39 Å². The molecule has 0 saturated heterocycles. The molecule has 1 fully saturated rings. The Balaban J connectivity index is 2.00. The van der Waals surface area contributed by atoms with E-state index >= 15 is 0 Å². The van der Waals surface area contributed by atoms with Crippen LogP contribution in [-0.4, -0.2) is 9.55 Å². The minimum absolute atomic E-state index is 0.278. The number of imidazole rings is 1. The van der Waals surface area contributed by atoms with Crippen molar-refractivity contribution in [3.63, 3.8) is 0 Å². The Labute approximate surface area is 126 Å². The minimum atomic E-state index is -0.278. The fourth-order valence-corrected chi connectivity index (χ4v) is 2.96. The predicted molar refractivity (Wildman–Crippen MR) is 82.8 cm³/mol. The third-order valence-electron chi connectivity index (χ3n) is 3.74. The number of nitrogens with zero attached hydrogens (tertiary/aromatic N) is 2. The molecule has 0 unspecified atom stereocenters. The fourth-order valence-electron chi connectivity index (χ4n) is 2.72. The molecule has 0 spiro atoms. The number of nitrogen functional groups attached to an aromatic ring is 1. The van der Waals surface area contributed by atoms with Gasteiger partial charge in [-0.2, -0.15) is 0 Å². The minimum Gasteiger partial charge on any atom is -0.399 e. The van der Waals surface area contributed by atoms with Crippen LogP contribution in [0.2, 0.25) is 5.02 Å². The lowest BCUT2D eigenvalue weighted by Crippen LogP contribution is -1.98. The van der Waals surface area contributed by atoms with E-state index in [-0.39, 0.29) is 5.82 Å². The number of hydrogen-bond donors (Lipinski definition) is 1. The molecule has 3 nitrogen and oxygen atoms in total. The molecule has 1 heterocycles. The van der Waals surface area contributed by atoms with Gasteiger partial charge >= 0.3 is 0 Å². The van der Waals surface area contributed by atoms with E-state index in [1.165, 1.54) is 12.1 Å². The van der Waals surface area contributed by atoms with Gasteiger partial charge < -0.3 is 10.3 Å². The predicted octanol–water partition coefficient (Wildman–Crippen LogP) is 4.41. The van der Waals surface area contributed by atoms with Crippen LogP contribution >= 0.6 is 11.6 Å². The smallest absolute Gasteiger partial charge is 0.141 e. The Bertz CT molecular complexity index is 832. The van der Waals surface area contributed by atoms with Crippen molar-refractivity contribution in [3.05, 3.63) is 47.2 Å². The maximum Gasteiger partial charge on any atom is 0.141 e. The lowest BCUT2D eigenvalue weighted by atomic mass is 10.2. The lowest BCUT2D eigenvalue weighted by Gasteiger charge is -2.08. The summed E-state index contributed by atoms with van der Waals surface area (Å²) in [5.41, 5.74) is 8.95.